The van der Waals surface area contributed by atoms with Gasteiger partial charge in [-0.1, -0.05) is 42.5 Å². The van der Waals surface area contributed by atoms with Crippen LogP contribution in [0, 0.1) is 5.82 Å². The third kappa shape index (κ3) is 4.97. The molecule has 0 heterocycles. The second-order valence-electron chi connectivity index (χ2n) is 6.03. The minimum absolute atomic E-state index is 0.0445. The highest BCUT2D eigenvalue weighted by atomic mass is 19.1. The Bertz CT molecular complexity index is 993. The lowest BCUT2D eigenvalue weighted by atomic mass is 10.1. The molecule has 0 radical (unpaired) electrons. The molecule has 0 spiro atoms. The van der Waals surface area contributed by atoms with Gasteiger partial charge in [-0.15, -0.1) is 0 Å². The Morgan fingerprint density at radius 3 is 2.46 bits per heavy atom. The molecule has 144 valence electrons. The summed E-state index contributed by atoms with van der Waals surface area (Å²) >= 11 is 0. The van der Waals surface area contributed by atoms with Crippen LogP contribution in [0.15, 0.2) is 66.7 Å². The Balaban J connectivity index is 1.46. The number of benzene rings is 3. The van der Waals surface area contributed by atoms with Gasteiger partial charge < -0.3 is 9.47 Å². The van der Waals surface area contributed by atoms with E-state index in [1.165, 1.54) is 18.2 Å². The molecule has 0 aliphatic heterocycles. The Morgan fingerprint density at radius 1 is 0.964 bits per heavy atom. The Morgan fingerprint density at radius 2 is 1.68 bits per heavy atom. The summed E-state index contributed by atoms with van der Waals surface area (Å²) in [4.78, 5) is 23.8. The summed E-state index contributed by atoms with van der Waals surface area (Å²) in [5, 5.41) is 2.06. The summed E-state index contributed by atoms with van der Waals surface area (Å²) in [5.74, 6) is -1.24. The summed E-state index contributed by atoms with van der Waals surface area (Å²) in [6, 6.07) is 19.0. The number of nitrogens with one attached hydrogen (secondary N) is 2. The Hall–Kier alpha value is -3.61. The number of fused-ring (bicyclic) bond motifs is 1. The molecule has 3 aromatic carbocycles. The second-order valence-corrected chi connectivity index (χ2v) is 6.03. The second kappa shape index (κ2) is 8.85. The standard InChI is InChI=1S/C21H19FN2O4/c1-14(28-17-11-10-15-6-2-3-7-16(15)12-17)21(26)24-23-20(25)13-27-19-9-5-4-8-18(19)22/h2-12,14H,13H2,1H3,(H,23,25)(H,24,26)/t14-/m0/s1. The minimum atomic E-state index is -0.839. The van der Waals surface area contributed by atoms with E-state index in [-0.39, 0.29) is 5.75 Å². The third-order valence-corrected chi connectivity index (χ3v) is 3.92. The third-order valence-electron chi connectivity index (χ3n) is 3.92. The van der Waals surface area contributed by atoms with Crippen molar-refractivity contribution < 1.29 is 23.5 Å². The zero-order chi connectivity index (χ0) is 19.9. The average molecular weight is 382 g/mol. The van der Waals surface area contributed by atoms with E-state index in [0.717, 1.165) is 10.8 Å². The molecule has 2 amide bonds. The molecule has 0 aliphatic carbocycles. The van der Waals surface area contributed by atoms with Crippen LogP contribution in [0.1, 0.15) is 6.92 Å². The van der Waals surface area contributed by atoms with E-state index < -0.39 is 30.3 Å². The van der Waals surface area contributed by atoms with E-state index in [1.54, 1.807) is 19.1 Å². The number of para-hydroxylation sites is 1. The maximum Gasteiger partial charge on any atom is 0.279 e. The van der Waals surface area contributed by atoms with Gasteiger partial charge in [-0.3, -0.25) is 20.4 Å². The van der Waals surface area contributed by atoms with E-state index >= 15 is 0 Å². The molecule has 0 fully saturated rings. The van der Waals surface area contributed by atoms with Crippen molar-refractivity contribution in [2.24, 2.45) is 0 Å². The first-order valence-electron chi connectivity index (χ1n) is 8.64. The highest BCUT2D eigenvalue weighted by molar-refractivity contribution is 5.86. The maximum absolute atomic E-state index is 13.4. The van der Waals surface area contributed by atoms with Crippen LogP contribution >= 0.6 is 0 Å². The molecule has 6 nitrogen and oxygen atoms in total. The molecular formula is C21H19FN2O4. The molecule has 0 aliphatic rings. The average Bonchev–Trinajstić information content (AvgIpc) is 2.71. The molecular weight excluding hydrogens is 363 g/mol. The fraction of sp³-hybridized carbons (Fsp3) is 0.143. The van der Waals surface area contributed by atoms with Crippen LogP contribution in [-0.2, 0) is 9.59 Å². The first-order valence-corrected chi connectivity index (χ1v) is 8.64. The van der Waals surface area contributed by atoms with Gasteiger partial charge in [-0.05, 0) is 42.0 Å². The molecule has 0 saturated heterocycles. The lowest BCUT2D eigenvalue weighted by molar-refractivity contribution is -0.133. The van der Waals surface area contributed by atoms with Gasteiger partial charge >= 0.3 is 0 Å². The van der Waals surface area contributed by atoms with Crippen molar-refractivity contribution in [3.05, 3.63) is 72.5 Å². The SMILES string of the molecule is C[C@H](Oc1ccc2ccccc2c1)C(=O)NNC(=O)COc1ccccc1F. The zero-order valence-electron chi connectivity index (χ0n) is 15.1. The maximum atomic E-state index is 13.4. The van der Waals surface area contributed by atoms with Gasteiger partial charge in [0, 0.05) is 0 Å². The van der Waals surface area contributed by atoms with Crippen LogP contribution < -0.4 is 20.3 Å². The lowest BCUT2D eigenvalue weighted by Gasteiger charge is -2.15. The zero-order valence-corrected chi connectivity index (χ0v) is 15.1. The fourth-order valence-corrected chi connectivity index (χ4v) is 2.47. The number of amides is 2. The molecule has 28 heavy (non-hydrogen) atoms. The van der Waals surface area contributed by atoms with Crippen molar-refractivity contribution in [2.45, 2.75) is 13.0 Å². The molecule has 0 unspecified atom stereocenters. The van der Waals surface area contributed by atoms with Crippen molar-refractivity contribution in [1.29, 1.82) is 0 Å². The van der Waals surface area contributed by atoms with Gasteiger partial charge in [-0.25, -0.2) is 4.39 Å². The van der Waals surface area contributed by atoms with Crippen LogP contribution in [0.4, 0.5) is 4.39 Å². The molecule has 3 rings (SSSR count). The number of hydrazine groups is 1. The van der Waals surface area contributed by atoms with E-state index in [0.29, 0.717) is 5.75 Å². The van der Waals surface area contributed by atoms with Gasteiger partial charge in [0.05, 0.1) is 0 Å². The number of rotatable bonds is 6. The first kappa shape index (κ1) is 19.2. The number of carbonyl (C=O) groups is 2. The number of ether oxygens (including phenoxy) is 2. The van der Waals surface area contributed by atoms with E-state index in [2.05, 4.69) is 10.9 Å². The smallest absolute Gasteiger partial charge is 0.279 e. The van der Waals surface area contributed by atoms with Gasteiger partial charge in [0.25, 0.3) is 11.8 Å². The van der Waals surface area contributed by atoms with E-state index in [4.69, 9.17) is 9.47 Å². The summed E-state index contributed by atoms with van der Waals surface area (Å²) in [7, 11) is 0. The van der Waals surface area contributed by atoms with Crippen LogP contribution in [0.2, 0.25) is 0 Å². The number of carbonyl (C=O) groups excluding carboxylic acids is 2. The predicted molar refractivity (Wildman–Crippen MR) is 102 cm³/mol. The number of hydrogen-bond acceptors (Lipinski definition) is 4. The normalized spacial score (nSPS) is 11.5. The highest BCUT2D eigenvalue weighted by Crippen LogP contribution is 2.21. The molecule has 0 bridgehead atoms. The van der Waals surface area contributed by atoms with E-state index in [9.17, 15) is 14.0 Å². The molecule has 3 aromatic rings. The van der Waals surface area contributed by atoms with Crippen molar-refractivity contribution in [3.8, 4) is 11.5 Å². The molecule has 1 atom stereocenters. The first-order chi connectivity index (χ1) is 13.5. The van der Waals surface area contributed by atoms with Gasteiger partial charge in [0.2, 0.25) is 0 Å². The summed E-state index contributed by atoms with van der Waals surface area (Å²) < 4.78 is 24.1. The monoisotopic (exact) mass is 382 g/mol. The van der Waals surface area contributed by atoms with Crippen LogP contribution in [0.5, 0.6) is 11.5 Å². The quantitative estimate of drug-likeness (QED) is 0.643. The van der Waals surface area contributed by atoms with Crippen molar-refractivity contribution in [3.63, 3.8) is 0 Å². The molecule has 0 saturated carbocycles. The van der Waals surface area contributed by atoms with Gasteiger partial charge in [0.1, 0.15) is 5.75 Å². The summed E-state index contributed by atoms with van der Waals surface area (Å²) in [6.07, 6.45) is -0.839. The minimum Gasteiger partial charge on any atom is -0.481 e. The molecule has 7 heteroatoms. The van der Waals surface area contributed by atoms with Gasteiger partial charge in [-0.2, -0.15) is 0 Å². The Labute approximate surface area is 161 Å². The Kier molecular flexibility index (Phi) is 6.06. The molecule has 0 aromatic heterocycles. The summed E-state index contributed by atoms with van der Waals surface area (Å²) in [6.45, 7) is 1.12. The van der Waals surface area contributed by atoms with E-state index in [1.807, 2.05) is 36.4 Å². The predicted octanol–water partition coefficient (Wildman–Crippen LogP) is 2.97. The number of hydrogen-bond donors (Lipinski definition) is 2. The lowest BCUT2D eigenvalue weighted by Crippen LogP contribution is -2.48. The van der Waals surface area contributed by atoms with Crippen molar-refractivity contribution in [1.82, 2.24) is 10.9 Å². The highest BCUT2D eigenvalue weighted by Gasteiger charge is 2.16. The largest absolute Gasteiger partial charge is 0.481 e. The van der Waals surface area contributed by atoms with Crippen LogP contribution in [0.25, 0.3) is 10.8 Å². The topological polar surface area (TPSA) is 76.7 Å². The van der Waals surface area contributed by atoms with Crippen LogP contribution in [0.3, 0.4) is 0 Å². The molecule has 2 N–H and O–H groups in total. The van der Waals surface area contributed by atoms with Crippen molar-refractivity contribution >= 4 is 22.6 Å². The van der Waals surface area contributed by atoms with Crippen molar-refractivity contribution in [2.75, 3.05) is 6.61 Å². The fourth-order valence-electron chi connectivity index (χ4n) is 2.47. The number of halogens is 1. The van der Waals surface area contributed by atoms with Gasteiger partial charge in [0.15, 0.2) is 24.3 Å². The summed E-state index contributed by atoms with van der Waals surface area (Å²) in [5.41, 5.74) is 4.46. The van der Waals surface area contributed by atoms with Crippen LogP contribution in [-0.4, -0.2) is 24.5 Å².